The normalized spacial score (nSPS) is 14.6. The van der Waals surface area contributed by atoms with Gasteiger partial charge in [0.05, 0.1) is 12.2 Å². The number of nitrogens with one attached hydrogen (secondary N) is 1. The Morgan fingerprint density at radius 3 is 2.57 bits per heavy atom. The van der Waals surface area contributed by atoms with Gasteiger partial charge in [-0.1, -0.05) is 74.6 Å². The van der Waals surface area contributed by atoms with Gasteiger partial charge < -0.3 is 10.1 Å². The van der Waals surface area contributed by atoms with E-state index in [-0.39, 0.29) is 5.97 Å². The maximum Gasteiger partial charge on any atom is 0.338 e. The molecule has 3 heteroatoms. The number of benzene rings is 3. The Morgan fingerprint density at radius 2 is 1.77 bits per heavy atom. The van der Waals surface area contributed by atoms with E-state index in [9.17, 15) is 4.79 Å². The minimum atomic E-state index is -0.254. The lowest BCUT2D eigenvalue weighted by atomic mass is 9.84. The summed E-state index contributed by atoms with van der Waals surface area (Å²) in [5.41, 5.74) is 4.21. The van der Waals surface area contributed by atoms with Crippen molar-refractivity contribution in [2.24, 2.45) is 5.92 Å². The highest BCUT2D eigenvalue weighted by molar-refractivity contribution is 5.91. The van der Waals surface area contributed by atoms with Gasteiger partial charge >= 0.3 is 5.97 Å². The Morgan fingerprint density at radius 1 is 0.967 bits per heavy atom. The number of carbonyl (C=O) groups excluding carboxylic acids is 1. The van der Waals surface area contributed by atoms with E-state index in [1.165, 1.54) is 54.0 Å². The first-order valence-electron chi connectivity index (χ1n) is 11.2. The van der Waals surface area contributed by atoms with Crippen LogP contribution in [0.3, 0.4) is 0 Å². The van der Waals surface area contributed by atoms with Crippen LogP contribution in [0.25, 0.3) is 10.8 Å². The Labute approximate surface area is 179 Å². The summed E-state index contributed by atoms with van der Waals surface area (Å²) in [5.74, 6) is 0.490. The van der Waals surface area contributed by atoms with E-state index in [0.717, 1.165) is 24.6 Å². The smallest absolute Gasteiger partial charge is 0.338 e. The van der Waals surface area contributed by atoms with Crippen LogP contribution in [0.2, 0.25) is 0 Å². The molecule has 1 N–H and O–H groups in total. The molecule has 0 saturated heterocycles. The van der Waals surface area contributed by atoms with E-state index in [0.29, 0.717) is 12.2 Å². The summed E-state index contributed by atoms with van der Waals surface area (Å²) in [5, 5.41) is 6.12. The van der Waals surface area contributed by atoms with Crippen LogP contribution in [0.5, 0.6) is 0 Å². The first kappa shape index (κ1) is 20.5. The molecule has 0 spiro atoms. The lowest BCUT2D eigenvalue weighted by molar-refractivity contribution is 0.0526. The van der Waals surface area contributed by atoms with Gasteiger partial charge in [-0.15, -0.1) is 0 Å². The van der Waals surface area contributed by atoms with Crippen molar-refractivity contribution < 1.29 is 9.53 Å². The molecule has 3 aromatic carbocycles. The number of esters is 1. The maximum atomic E-state index is 12.3. The summed E-state index contributed by atoms with van der Waals surface area (Å²) in [6, 6.07) is 21.0. The van der Waals surface area contributed by atoms with Gasteiger partial charge in [0.15, 0.2) is 0 Å². The van der Waals surface area contributed by atoms with E-state index >= 15 is 0 Å². The number of fused-ring (bicyclic) bond motifs is 1. The Hall–Kier alpha value is -2.81. The van der Waals surface area contributed by atoms with Crippen molar-refractivity contribution in [1.82, 2.24) is 0 Å². The Balaban J connectivity index is 1.55. The van der Waals surface area contributed by atoms with E-state index in [2.05, 4.69) is 53.8 Å². The Bertz CT molecular complexity index is 1000. The summed E-state index contributed by atoms with van der Waals surface area (Å²) in [6.07, 6.45) is 7.73. The standard InChI is InChI=1S/C27H31NO2/c1-2-30-27(29)25-15-14-24(16-20-8-4-3-5-9-20)26(18-25)28-19-21-12-13-22-10-6-7-11-23(22)17-21/h6-7,10-15,17-18,20,28H,2-5,8-9,16,19H2,1H3. The first-order valence-corrected chi connectivity index (χ1v) is 11.2. The highest BCUT2D eigenvalue weighted by Gasteiger charge is 2.17. The largest absolute Gasteiger partial charge is 0.462 e. The van der Waals surface area contributed by atoms with Crippen molar-refractivity contribution in [3.8, 4) is 0 Å². The third-order valence-electron chi connectivity index (χ3n) is 6.15. The summed E-state index contributed by atoms with van der Waals surface area (Å²) in [4.78, 5) is 12.3. The van der Waals surface area contributed by atoms with Gasteiger partial charge in [0.2, 0.25) is 0 Å². The van der Waals surface area contributed by atoms with E-state index in [1.807, 2.05) is 19.1 Å². The van der Waals surface area contributed by atoms with Gasteiger partial charge in [-0.25, -0.2) is 4.79 Å². The predicted molar refractivity (Wildman–Crippen MR) is 124 cm³/mol. The zero-order chi connectivity index (χ0) is 20.8. The van der Waals surface area contributed by atoms with Crippen molar-refractivity contribution in [3.05, 3.63) is 77.4 Å². The highest BCUT2D eigenvalue weighted by Crippen LogP contribution is 2.30. The second-order valence-electron chi connectivity index (χ2n) is 8.34. The zero-order valence-electron chi connectivity index (χ0n) is 17.8. The third-order valence-corrected chi connectivity index (χ3v) is 6.15. The quantitative estimate of drug-likeness (QED) is 0.445. The number of hydrogen-bond acceptors (Lipinski definition) is 3. The number of carbonyl (C=O) groups is 1. The van der Waals surface area contributed by atoms with Crippen LogP contribution in [-0.4, -0.2) is 12.6 Å². The third kappa shape index (κ3) is 5.02. The molecule has 1 fully saturated rings. The fourth-order valence-electron chi connectivity index (χ4n) is 4.51. The summed E-state index contributed by atoms with van der Waals surface area (Å²) >= 11 is 0. The van der Waals surface area contributed by atoms with Gasteiger partial charge in [0.1, 0.15) is 0 Å². The molecule has 0 unspecified atom stereocenters. The molecule has 1 aliphatic rings. The van der Waals surface area contributed by atoms with Gasteiger partial charge in [0.25, 0.3) is 0 Å². The second-order valence-corrected chi connectivity index (χ2v) is 8.34. The maximum absolute atomic E-state index is 12.3. The van der Waals surface area contributed by atoms with Crippen molar-refractivity contribution in [2.45, 2.75) is 52.0 Å². The van der Waals surface area contributed by atoms with Crippen LogP contribution in [-0.2, 0) is 17.7 Å². The minimum absolute atomic E-state index is 0.254. The molecule has 0 aliphatic heterocycles. The van der Waals surface area contributed by atoms with Crippen molar-refractivity contribution in [1.29, 1.82) is 0 Å². The van der Waals surface area contributed by atoms with Crippen molar-refractivity contribution in [2.75, 3.05) is 11.9 Å². The predicted octanol–water partition coefficient (Wildman–Crippen LogP) is 6.75. The van der Waals surface area contributed by atoms with Crippen molar-refractivity contribution >= 4 is 22.4 Å². The van der Waals surface area contributed by atoms with E-state index in [4.69, 9.17) is 4.74 Å². The highest BCUT2D eigenvalue weighted by atomic mass is 16.5. The molecule has 0 atom stereocenters. The zero-order valence-corrected chi connectivity index (χ0v) is 17.8. The number of hydrogen-bond donors (Lipinski definition) is 1. The van der Waals surface area contributed by atoms with Gasteiger partial charge in [-0.2, -0.15) is 0 Å². The average molecular weight is 402 g/mol. The molecule has 30 heavy (non-hydrogen) atoms. The summed E-state index contributed by atoms with van der Waals surface area (Å²) < 4.78 is 5.22. The molecule has 3 nitrogen and oxygen atoms in total. The van der Waals surface area contributed by atoms with Crippen molar-refractivity contribution in [3.63, 3.8) is 0 Å². The van der Waals surface area contributed by atoms with Crippen LogP contribution in [0.15, 0.2) is 60.7 Å². The summed E-state index contributed by atoms with van der Waals surface area (Å²) in [6.45, 7) is 2.96. The molecule has 156 valence electrons. The lowest BCUT2D eigenvalue weighted by Crippen LogP contribution is -2.12. The first-order chi connectivity index (χ1) is 14.7. The number of ether oxygens (including phenoxy) is 1. The Kier molecular flexibility index (Phi) is 6.68. The van der Waals surface area contributed by atoms with Crippen LogP contribution in [0.1, 0.15) is 60.5 Å². The average Bonchev–Trinajstić information content (AvgIpc) is 2.79. The fraction of sp³-hybridized carbons (Fsp3) is 0.370. The summed E-state index contributed by atoms with van der Waals surface area (Å²) in [7, 11) is 0. The monoisotopic (exact) mass is 401 g/mol. The molecule has 0 heterocycles. The molecule has 1 aliphatic carbocycles. The van der Waals surface area contributed by atoms with Crippen LogP contribution in [0, 0.1) is 5.92 Å². The van der Waals surface area contributed by atoms with Gasteiger partial charge in [0, 0.05) is 12.2 Å². The minimum Gasteiger partial charge on any atom is -0.462 e. The number of rotatable bonds is 7. The number of anilines is 1. The molecule has 0 bridgehead atoms. The molecule has 0 amide bonds. The molecule has 4 rings (SSSR count). The topological polar surface area (TPSA) is 38.3 Å². The molecular formula is C27H31NO2. The SMILES string of the molecule is CCOC(=O)c1ccc(CC2CCCCC2)c(NCc2ccc3ccccc3c2)c1. The molecule has 0 aromatic heterocycles. The molecule has 0 radical (unpaired) electrons. The van der Waals surface area contributed by atoms with E-state index in [1.54, 1.807) is 0 Å². The fourth-order valence-corrected chi connectivity index (χ4v) is 4.51. The molecular weight excluding hydrogens is 370 g/mol. The van der Waals surface area contributed by atoms with Gasteiger partial charge in [-0.05, 0) is 59.4 Å². The van der Waals surface area contributed by atoms with Gasteiger partial charge in [-0.3, -0.25) is 0 Å². The van der Waals surface area contributed by atoms with E-state index < -0.39 is 0 Å². The van der Waals surface area contributed by atoms with Crippen LogP contribution >= 0.6 is 0 Å². The molecule has 3 aromatic rings. The lowest BCUT2D eigenvalue weighted by Gasteiger charge is -2.23. The van der Waals surface area contributed by atoms with Crippen LogP contribution < -0.4 is 5.32 Å². The molecule has 1 saturated carbocycles. The second kappa shape index (κ2) is 9.80. The van der Waals surface area contributed by atoms with Crippen LogP contribution in [0.4, 0.5) is 5.69 Å².